The lowest BCUT2D eigenvalue weighted by atomic mass is 10.3. The lowest BCUT2D eigenvalue weighted by Gasteiger charge is -2.16. The van der Waals surface area contributed by atoms with Gasteiger partial charge >= 0.3 is 5.76 Å². The Morgan fingerprint density at radius 1 is 1.53 bits per heavy atom. The first-order valence-electron chi connectivity index (χ1n) is 6.21. The average molecular weight is 261 g/mol. The SMILES string of the molecule is CN(C(=O)Cn1c(=O)oc2ccc(N)cc21)C1CC1. The number of anilines is 1. The van der Waals surface area contributed by atoms with Gasteiger partial charge in [0.15, 0.2) is 5.58 Å². The van der Waals surface area contributed by atoms with Crippen molar-refractivity contribution in [3.05, 3.63) is 28.7 Å². The van der Waals surface area contributed by atoms with Crippen molar-refractivity contribution < 1.29 is 9.21 Å². The molecule has 19 heavy (non-hydrogen) atoms. The lowest BCUT2D eigenvalue weighted by Crippen LogP contribution is -2.34. The van der Waals surface area contributed by atoms with Crippen molar-refractivity contribution in [1.29, 1.82) is 0 Å². The van der Waals surface area contributed by atoms with Crippen molar-refractivity contribution in [2.45, 2.75) is 25.4 Å². The van der Waals surface area contributed by atoms with Gasteiger partial charge in [0.25, 0.3) is 0 Å². The molecule has 1 aliphatic rings. The first-order valence-corrected chi connectivity index (χ1v) is 6.21. The standard InChI is InChI=1S/C13H15N3O3/c1-15(9-3-4-9)12(17)7-16-10-6-8(14)2-5-11(10)19-13(16)18/h2,5-6,9H,3-4,7,14H2,1H3. The summed E-state index contributed by atoms with van der Waals surface area (Å²) in [5.41, 5.74) is 7.23. The number of amides is 1. The third-order valence-electron chi connectivity index (χ3n) is 3.47. The summed E-state index contributed by atoms with van der Waals surface area (Å²) < 4.78 is 6.42. The van der Waals surface area contributed by atoms with Crippen LogP contribution in [0.1, 0.15) is 12.8 Å². The molecule has 0 spiro atoms. The smallest absolute Gasteiger partial charge is 0.408 e. The lowest BCUT2D eigenvalue weighted by molar-refractivity contribution is -0.131. The Morgan fingerprint density at radius 2 is 2.26 bits per heavy atom. The Hall–Kier alpha value is -2.24. The minimum Gasteiger partial charge on any atom is -0.408 e. The number of rotatable bonds is 3. The number of nitrogens with zero attached hydrogens (tertiary/aromatic N) is 2. The molecule has 0 atom stereocenters. The van der Waals surface area contributed by atoms with Gasteiger partial charge in [-0.15, -0.1) is 0 Å². The maximum atomic E-state index is 12.1. The van der Waals surface area contributed by atoms with Crippen molar-refractivity contribution in [2.24, 2.45) is 0 Å². The molecule has 1 saturated carbocycles. The van der Waals surface area contributed by atoms with Gasteiger partial charge in [-0.05, 0) is 31.0 Å². The fourth-order valence-electron chi connectivity index (χ4n) is 2.14. The van der Waals surface area contributed by atoms with E-state index in [9.17, 15) is 9.59 Å². The Bertz CT molecular complexity index is 697. The Morgan fingerprint density at radius 3 is 2.95 bits per heavy atom. The third-order valence-corrected chi connectivity index (χ3v) is 3.47. The second kappa shape index (κ2) is 4.15. The zero-order chi connectivity index (χ0) is 13.6. The topological polar surface area (TPSA) is 81.5 Å². The molecular formula is C13H15N3O3. The summed E-state index contributed by atoms with van der Waals surface area (Å²) in [7, 11) is 1.77. The van der Waals surface area contributed by atoms with Gasteiger partial charge < -0.3 is 15.1 Å². The van der Waals surface area contributed by atoms with Crippen LogP contribution in [0.25, 0.3) is 11.1 Å². The Labute approximate surface area is 109 Å². The largest absolute Gasteiger partial charge is 0.420 e. The predicted molar refractivity (Wildman–Crippen MR) is 70.7 cm³/mol. The van der Waals surface area contributed by atoms with Gasteiger partial charge in [0, 0.05) is 18.8 Å². The molecule has 0 bridgehead atoms. The van der Waals surface area contributed by atoms with Gasteiger partial charge in [-0.1, -0.05) is 0 Å². The molecule has 0 saturated heterocycles. The van der Waals surface area contributed by atoms with Crippen LogP contribution in [-0.2, 0) is 11.3 Å². The molecule has 6 heteroatoms. The highest BCUT2D eigenvalue weighted by Gasteiger charge is 2.30. The summed E-state index contributed by atoms with van der Waals surface area (Å²) in [5, 5.41) is 0. The molecule has 1 aromatic heterocycles. The van der Waals surface area contributed by atoms with Crippen LogP contribution < -0.4 is 11.5 Å². The summed E-state index contributed by atoms with van der Waals surface area (Å²) in [6, 6.07) is 5.27. The predicted octanol–water partition coefficient (Wildman–Crippen LogP) is 0.797. The molecule has 0 radical (unpaired) electrons. The number of fused-ring (bicyclic) bond motifs is 1. The highest BCUT2D eigenvalue weighted by Crippen LogP contribution is 2.25. The molecule has 1 aromatic carbocycles. The number of hydrogen-bond donors (Lipinski definition) is 1. The zero-order valence-corrected chi connectivity index (χ0v) is 10.6. The summed E-state index contributed by atoms with van der Waals surface area (Å²) >= 11 is 0. The van der Waals surface area contributed by atoms with Gasteiger partial charge in [-0.25, -0.2) is 4.79 Å². The second-order valence-electron chi connectivity index (χ2n) is 4.92. The number of hydrogen-bond acceptors (Lipinski definition) is 4. The van der Waals surface area contributed by atoms with Crippen molar-refractivity contribution >= 4 is 22.7 Å². The van der Waals surface area contributed by atoms with Crippen molar-refractivity contribution in [3.8, 4) is 0 Å². The van der Waals surface area contributed by atoms with Crippen LogP contribution in [0.5, 0.6) is 0 Å². The third kappa shape index (κ3) is 2.09. The molecular weight excluding hydrogens is 246 g/mol. The first-order chi connectivity index (χ1) is 9.06. The number of likely N-dealkylation sites (N-methyl/N-ethyl adjacent to an activating group) is 1. The summed E-state index contributed by atoms with van der Waals surface area (Å²) in [5.74, 6) is -0.618. The number of carbonyl (C=O) groups is 1. The monoisotopic (exact) mass is 261 g/mol. The molecule has 100 valence electrons. The highest BCUT2D eigenvalue weighted by atomic mass is 16.4. The Balaban J connectivity index is 1.95. The average Bonchev–Trinajstić information content (AvgIpc) is 3.17. The maximum Gasteiger partial charge on any atom is 0.420 e. The van der Waals surface area contributed by atoms with Crippen molar-refractivity contribution in [1.82, 2.24) is 9.47 Å². The van der Waals surface area contributed by atoms with Crippen LogP contribution in [0, 0.1) is 0 Å². The molecule has 3 rings (SSSR count). The van der Waals surface area contributed by atoms with E-state index in [2.05, 4.69) is 0 Å². The normalized spacial score (nSPS) is 14.8. The van der Waals surface area contributed by atoms with Crippen LogP contribution in [0.2, 0.25) is 0 Å². The molecule has 0 unspecified atom stereocenters. The summed E-state index contributed by atoms with van der Waals surface area (Å²) in [6.45, 7) is -0.0116. The molecule has 1 amide bonds. The molecule has 1 heterocycles. The van der Waals surface area contributed by atoms with Crippen LogP contribution in [-0.4, -0.2) is 28.5 Å². The van der Waals surface area contributed by atoms with Crippen LogP contribution >= 0.6 is 0 Å². The number of carbonyl (C=O) groups excluding carboxylic acids is 1. The van der Waals surface area contributed by atoms with E-state index in [-0.39, 0.29) is 12.5 Å². The van der Waals surface area contributed by atoms with Gasteiger partial charge in [0.05, 0.1) is 5.52 Å². The zero-order valence-electron chi connectivity index (χ0n) is 10.6. The van der Waals surface area contributed by atoms with E-state index < -0.39 is 5.76 Å². The van der Waals surface area contributed by atoms with E-state index in [1.54, 1.807) is 30.1 Å². The fourth-order valence-corrected chi connectivity index (χ4v) is 2.14. The number of benzene rings is 1. The van der Waals surface area contributed by atoms with Gasteiger partial charge in [0.1, 0.15) is 6.54 Å². The molecule has 2 N–H and O–H groups in total. The second-order valence-corrected chi connectivity index (χ2v) is 4.92. The maximum absolute atomic E-state index is 12.1. The highest BCUT2D eigenvalue weighted by molar-refractivity contribution is 5.81. The Kier molecular flexibility index (Phi) is 2.58. The van der Waals surface area contributed by atoms with E-state index in [0.29, 0.717) is 22.8 Å². The minimum atomic E-state index is -0.529. The minimum absolute atomic E-state index is 0.0116. The molecule has 0 aliphatic heterocycles. The van der Waals surface area contributed by atoms with Gasteiger partial charge in [-0.3, -0.25) is 9.36 Å². The van der Waals surface area contributed by atoms with Crippen molar-refractivity contribution in [2.75, 3.05) is 12.8 Å². The molecule has 1 aliphatic carbocycles. The number of aromatic nitrogens is 1. The van der Waals surface area contributed by atoms with E-state index in [4.69, 9.17) is 10.2 Å². The fraction of sp³-hybridized carbons (Fsp3) is 0.385. The van der Waals surface area contributed by atoms with Crippen LogP contribution in [0.15, 0.2) is 27.4 Å². The van der Waals surface area contributed by atoms with Gasteiger partial charge in [-0.2, -0.15) is 0 Å². The molecule has 1 fully saturated rings. The first kappa shape index (κ1) is 11.8. The number of oxazole rings is 1. The number of nitrogen functional groups attached to an aromatic ring is 1. The van der Waals surface area contributed by atoms with E-state index in [0.717, 1.165) is 12.8 Å². The molecule has 6 nitrogen and oxygen atoms in total. The number of nitrogens with two attached hydrogens (primary N) is 1. The molecule has 2 aromatic rings. The quantitative estimate of drug-likeness (QED) is 0.828. The van der Waals surface area contributed by atoms with E-state index in [1.807, 2.05) is 0 Å². The van der Waals surface area contributed by atoms with Crippen LogP contribution in [0.4, 0.5) is 5.69 Å². The van der Waals surface area contributed by atoms with E-state index in [1.165, 1.54) is 4.57 Å². The van der Waals surface area contributed by atoms with Crippen LogP contribution in [0.3, 0.4) is 0 Å². The summed E-state index contributed by atoms with van der Waals surface area (Å²) in [6.07, 6.45) is 2.08. The van der Waals surface area contributed by atoms with E-state index >= 15 is 0 Å². The summed E-state index contributed by atoms with van der Waals surface area (Å²) in [4.78, 5) is 25.5. The van der Waals surface area contributed by atoms with Crippen molar-refractivity contribution in [3.63, 3.8) is 0 Å². The van der Waals surface area contributed by atoms with Gasteiger partial charge in [0.2, 0.25) is 5.91 Å².